The highest BCUT2D eigenvalue weighted by molar-refractivity contribution is 9.08. The Morgan fingerprint density at radius 3 is 2.75 bits per heavy atom. The number of ether oxygens (including phenoxy) is 1. The van der Waals surface area contributed by atoms with Gasteiger partial charge >= 0.3 is 5.97 Å². The van der Waals surface area contributed by atoms with Gasteiger partial charge in [0.05, 0.1) is 25.2 Å². The maximum Gasteiger partial charge on any atom is 0.310 e. The number of methoxy groups -OCH3 is 1. The third kappa shape index (κ3) is 2.77. The van der Waals surface area contributed by atoms with Crippen molar-refractivity contribution in [2.75, 3.05) is 7.11 Å². The molecule has 0 bridgehead atoms. The first-order valence-corrected chi connectivity index (χ1v) is 6.07. The fourth-order valence-corrected chi connectivity index (χ4v) is 2.50. The van der Waals surface area contributed by atoms with Crippen LogP contribution in [0.5, 0.6) is 0 Å². The predicted octanol–water partition coefficient (Wildman–Crippen LogP) is 2.46. The van der Waals surface area contributed by atoms with Gasteiger partial charge in [0.2, 0.25) is 0 Å². The minimum atomic E-state index is -0.363. The molecule has 0 fully saturated rings. The number of nitriles is 1. The Balaban J connectivity index is 3.26. The first kappa shape index (κ1) is 13.1. The zero-order valence-corrected chi connectivity index (χ0v) is 11.1. The van der Waals surface area contributed by atoms with Crippen LogP contribution >= 0.6 is 28.6 Å². The Bertz CT molecular complexity index is 454. The number of carbonyl (C=O) groups excluding carboxylic acids is 1. The van der Waals surface area contributed by atoms with Gasteiger partial charge in [0.15, 0.2) is 0 Å². The molecule has 0 aromatic heterocycles. The van der Waals surface area contributed by atoms with E-state index in [2.05, 4.69) is 39.4 Å². The van der Waals surface area contributed by atoms with Crippen molar-refractivity contribution in [1.82, 2.24) is 0 Å². The molecular weight excluding hydrogens is 290 g/mol. The topological polar surface area (TPSA) is 50.1 Å². The summed E-state index contributed by atoms with van der Waals surface area (Å²) in [5, 5.41) is 9.52. The van der Waals surface area contributed by atoms with E-state index in [0.29, 0.717) is 16.5 Å². The molecule has 0 saturated heterocycles. The van der Waals surface area contributed by atoms with Gasteiger partial charge in [0.25, 0.3) is 0 Å². The fraction of sp³-hybridized carbons (Fsp3) is 0.273. The molecule has 1 rings (SSSR count). The van der Waals surface area contributed by atoms with E-state index in [4.69, 9.17) is 5.26 Å². The molecule has 84 valence electrons. The molecule has 3 nitrogen and oxygen atoms in total. The highest BCUT2D eigenvalue weighted by Gasteiger charge is 2.14. The van der Waals surface area contributed by atoms with Crippen LogP contribution in [0.15, 0.2) is 17.0 Å². The largest absolute Gasteiger partial charge is 0.469 e. The molecule has 0 aliphatic heterocycles. The van der Waals surface area contributed by atoms with E-state index in [1.165, 1.54) is 7.11 Å². The summed E-state index contributed by atoms with van der Waals surface area (Å²) >= 11 is 7.62. The average Bonchev–Trinajstić information content (AvgIpc) is 2.29. The third-order valence-corrected chi connectivity index (χ3v) is 3.19. The molecule has 0 radical (unpaired) electrons. The molecule has 0 N–H and O–H groups in total. The van der Waals surface area contributed by atoms with E-state index in [0.717, 1.165) is 10.5 Å². The normalized spacial score (nSPS) is 9.62. The average molecular weight is 300 g/mol. The van der Waals surface area contributed by atoms with Crippen molar-refractivity contribution < 1.29 is 9.53 Å². The van der Waals surface area contributed by atoms with Gasteiger partial charge in [-0.1, -0.05) is 15.9 Å². The lowest BCUT2D eigenvalue weighted by molar-refractivity contribution is -0.139. The number of nitrogens with zero attached hydrogens (tertiary/aromatic N) is 1. The number of hydrogen-bond acceptors (Lipinski definition) is 4. The molecule has 0 aliphatic rings. The van der Waals surface area contributed by atoms with Gasteiger partial charge in [-0.05, 0) is 23.3 Å². The van der Waals surface area contributed by atoms with Crippen LogP contribution in [-0.4, -0.2) is 13.1 Å². The lowest BCUT2D eigenvalue weighted by Crippen LogP contribution is -2.08. The van der Waals surface area contributed by atoms with Crippen molar-refractivity contribution in [3.05, 3.63) is 28.8 Å². The zero-order chi connectivity index (χ0) is 12.1. The lowest BCUT2D eigenvalue weighted by atomic mass is 10.00. The molecule has 0 spiro atoms. The van der Waals surface area contributed by atoms with Crippen molar-refractivity contribution in [3.8, 4) is 6.07 Å². The Morgan fingerprint density at radius 1 is 1.56 bits per heavy atom. The van der Waals surface area contributed by atoms with Crippen LogP contribution < -0.4 is 0 Å². The van der Waals surface area contributed by atoms with E-state index >= 15 is 0 Å². The number of esters is 1. The first-order valence-electron chi connectivity index (χ1n) is 4.50. The molecule has 16 heavy (non-hydrogen) atoms. The standard InChI is InChI=1S/C11H10BrNO2S/c1-15-11(14)4-8-7(6-13)2-3-10(16)9(8)5-12/h2-3,16H,4-5H2,1H3. The van der Waals surface area contributed by atoms with Gasteiger partial charge in [0.1, 0.15) is 0 Å². The van der Waals surface area contributed by atoms with E-state index in [-0.39, 0.29) is 12.4 Å². The third-order valence-electron chi connectivity index (χ3n) is 2.21. The molecule has 0 atom stereocenters. The smallest absolute Gasteiger partial charge is 0.310 e. The van der Waals surface area contributed by atoms with E-state index in [1.807, 2.05) is 0 Å². The van der Waals surface area contributed by atoms with Crippen LogP contribution in [0.3, 0.4) is 0 Å². The van der Waals surface area contributed by atoms with Gasteiger partial charge < -0.3 is 4.74 Å². The molecule has 5 heteroatoms. The number of thiol groups is 1. The molecule has 0 amide bonds. The molecular formula is C11H10BrNO2S. The fourth-order valence-electron chi connectivity index (χ4n) is 1.35. The Kier molecular flexibility index (Phi) is 4.84. The maximum absolute atomic E-state index is 11.3. The SMILES string of the molecule is COC(=O)Cc1c(C#N)ccc(S)c1CBr. The summed E-state index contributed by atoms with van der Waals surface area (Å²) in [6, 6.07) is 5.47. The maximum atomic E-state index is 11.3. The van der Waals surface area contributed by atoms with Crippen molar-refractivity contribution in [2.24, 2.45) is 0 Å². The number of rotatable bonds is 3. The van der Waals surface area contributed by atoms with Crippen LogP contribution in [-0.2, 0) is 21.3 Å². The van der Waals surface area contributed by atoms with Crippen molar-refractivity contribution in [2.45, 2.75) is 16.6 Å². The van der Waals surface area contributed by atoms with Crippen LogP contribution in [0, 0.1) is 11.3 Å². The minimum Gasteiger partial charge on any atom is -0.469 e. The number of alkyl halides is 1. The molecule has 0 heterocycles. The second-order valence-corrected chi connectivity index (χ2v) is 4.13. The van der Waals surface area contributed by atoms with E-state index in [1.54, 1.807) is 12.1 Å². The van der Waals surface area contributed by atoms with Crippen LogP contribution in [0.1, 0.15) is 16.7 Å². The number of benzene rings is 1. The Morgan fingerprint density at radius 2 is 2.25 bits per heavy atom. The number of hydrogen-bond donors (Lipinski definition) is 1. The van der Waals surface area contributed by atoms with Crippen molar-refractivity contribution in [1.29, 1.82) is 5.26 Å². The number of halogens is 1. The minimum absolute atomic E-state index is 0.0920. The van der Waals surface area contributed by atoms with Crippen molar-refractivity contribution >= 4 is 34.5 Å². The van der Waals surface area contributed by atoms with Gasteiger partial charge in [-0.15, -0.1) is 12.6 Å². The summed E-state index contributed by atoms with van der Waals surface area (Å²) in [5.41, 5.74) is 2.02. The summed E-state index contributed by atoms with van der Waals surface area (Å²) < 4.78 is 4.60. The van der Waals surface area contributed by atoms with Gasteiger partial charge in [-0.25, -0.2) is 0 Å². The van der Waals surface area contributed by atoms with Crippen LogP contribution in [0.25, 0.3) is 0 Å². The summed E-state index contributed by atoms with van der Waals surface area (Å²) in [6.45, 7) is 0. The first-order chi connectivity index (χ1) is 7.63. The summed E-state index contributed by atoms with van der Waals surface area (Å²) in [7, 11) is 1.33. The summed E-state index contributed by atoms with van der Waals surface area (Å²) in [6.07, 6.45) is 0.0920. The van der Waals surface area contributed by atoms with E-state index in [9.17, 15) is 4.79 Å². The molecule has 1 aromatic rings. The Labute approximate surface area is 108 Å². The quantitative estimate of drug-likeness (QED) is 0.530. The van der Waals surface area contributed by atoms with Crippen molar-refractivity contribution in [3.63, 3.8) is 0 Å². The van der Waals surface area contributed by atoms with Gasteiger partial charge in [-0.2, -0.15) is 5.26 Å². The van der Waals surface area contributed by atoms with Gasteiger partial charge in [-0.3, -0.25) is 4.79 Å². The zero-order valence-electron chi connectivity index (χ0n) is 8.66. The second kappa shape index (κ2) is 5.92. The molecule has 0 aliphatic carbocycles. The molecule has 1 aromatic carbocycles. The second-order valence-electron chi connectivity index (χ2n) is 3.09. The Hall–Kier alpha value is -0.990. The molecule has 0 unspecified atom stereocenters. The summed E-state index contributed by atoms with van der Waals surface area (Å²) in [5.74, 6) is -0.363. The lowest BCUT2D eigenvalue weighted by Gasteiger charge is -2.10. The van der Waals surface area contributed by atoms with Crippen LogP contribution in [0.4, 0.5) is 0 Å². The predicted molar refractivity (Wildman–Crippen MR) is 66.8 cm³/mol. The van der Waals surface area contributed by atoms with Crippen LogP contribution in [0.2, 0.25) is 0 Å². The number of carbonyl (C=O) groups is 1. The van der Waals surface area contributed by atoms with Gasteiger partial charge in [0, 0.05) is 10.2 Å². The summed E-state index contributed by atoms with van der Waals surface area (Å²) in [4.78, 5) is 12.0. The monoisotopic (exact) mass is 299 g/mol. The highest BCUT2D eigenvalue weighted by atomic mass is 79.9. The molecule has 0 saturated carbocycles. The van der Waals surface area contributed by atoms with E-state index < -0.39 is 0 Å². The highest BCUT2D eigenvalue weighted by Crippen LogP contribution is 2.25.